The fourth-order valence-corrected chi connectivity index (χ4v) is 3.86. The first-order chi connectivity index (χ1) is 9.86. The van der Waals surface area contributed by atoms with Crippen molar-refractivity contribution in [1.82, 2.24) is 10.2 Å². The Hall–Kier alpha value is -0.570. The topological polar surface area (TPSA) is 32.3 Å². The molecule has 1 N–H and O–H groups in total. The molecule has 1 aliphatic carbocycles. The van der Waals surface area contributed by atoms with Gasteiger partial charge in [-0.1, -0.05) is 47.0 Å². The van der Waals surface area contributed by atoms with Gasteiger partial charge in [0, 0.05) is 24.5 Å². The van der Waals surface area contributed by atoms with Gasteiger partial charge in [-0.15, -0.1) is 0 Å². The van der Waals surface area contributed by atoms with Gasteiger partial charge in [-0.05, 0) is 37.6 Å². The number of hydrogen-bond acceptors (Lipinski definition) is 2. The molecule has 0 radical (unpaired) electrons. The number of likely N-dealkylation sites (tertiary alicyclic amines) is 1. The van der Waals surface area contributed by atoms with Crippen LogP contribution in [-0.4, -0.2) is 36.5 Å². The van der Waals surface area contributed by atoms with Crippen LogP contribution in [0.3, 0.4) is 0 Å². The zero-order chi connectivity index (χ0) is 15.5. The van der Waals surface area contributed by atoms with Gasteiger partial charge in [-0.2, -0.15) is 0 Å². The molecular formula is C18H34N2O. The molecule has 0 bridgehead atoms. The van der Waals surface area contributed by atoms with E-state index in [1.807, 2.05) is 20.8 Å². The molecule has 2 unspecified atom stereocenters. The van der Waals surface area contributed by atoms with Crippen molar-refractivity contribution >= 4 is 5.91 Å². The lowest BCUT2D eigenvalue weighted by Crippen LogP contribution is -2.53. The average molecular weight is 294 g/mol. The van der Waals surface area contributed by atoms with Gasteiger partial charge in [0.1, 0.15) is 0 Å². The molecule has 3 nitrogen and oxygen atoms in total. The maximum absolute atomic E-state index is 12.5. The van der Waals surface area contributed by atoms with Crippen LogP contribution >= 0.6 is 0 Å². The molecule has 2 atom stereocenters. The Morgan fingerprint density at radius 3 is 2.43 bits per heavy atom. The van der Waals surface area contributed by atoms with Crippen LogP contribution in [0.15, 0.2) is 0 Å². The molecule has 122 valence electrons. The minimum Gasteiger partial charge on any atom is -0.340 e. The monoisotopic (exact) mass is 294 g/mol. The largest absolute Gasteiger partial charge is 0.340 e. The predicted molar refractivity (Wildman–Crippen MR) is 88.2 cm³/mol. The molecular weight excluding hydrogens is 260 g/mol. The standard InChI is InChI=1S/C18H34N2O/c1-14-10-16(19-11-15-8-6-5-7-9-15)13-20(12-14)17(21)18(2,3)4/h14-16,19H,5-13H2,1-4H3. The second-order valence-corrected chi connectivity index (χ2v) is 8.41. The Morgan fingerprint density at radius 1 is 1.14 bits per heavy atom. The van der Waals surface area contributed by atoms with Gasteiger partial charge in [-0.3, -0.25) is 4.79 Å². The maximum Gasteiger partial charge on any atom is 0.228 e. The van der Waals surface area contributed by atoms with Crippen LogP contribution in [0.25, 0.3) is 0 Å². The van der Waals surface area contributed by atoms with Crippen LogP contribution in [0.1, 0.15) is 66.2 Å². The Labute approximate surface area is 130 Å². The summed E-state index contributed by atoms with van der Waals surface area (Å²) in [6.07, 6.45) is 8.22. The molecule has 3 heteroatoms. The van der Waals surface area contributed by atoms with Crippen molar-refractivity contribution in [1.29, 1.82) is 0 Å². The van der Waals surface area contributed by atoms with E-state index in [0.29, 0.717) is 17.9 Å². The summed E-state index contributed by atoms with van der Waals surface area (Å²) in [6.45, 7) is 11.3. The van der Waals surface area contributed by atoms with Gasteiger partial charge in [0.15, 0.2) is 0 Å². The first-order valence-electron chi connectivity index (χ1n) is 8.89. The van der Waals surface area contributed by atoms with E-state index in [1.165, 1.54) is 38.5 Å². The summed E-state index contributed by atoms with van der Waals surface area (Å²) in [6, 6.07) is 0.488. The smallest absolute Gasteiger partial charge is 0.228 e. The number of nitrogens with zero attached hydrogens (tertiary/aromatic N) is 1. The van der Waals surface area contributed by atoms with Crippen molar-refractivity contribution in [2.24, 2.45) is 17.3 Å². The highest BCUT2D eigenvalue weighted by atomic mass is 16.2. The Balaban J connectivity index is 1.84. The molecule has 21 heavy (non-hydrogen) atoms. The van der Waals surface area contributed by atoms with E-state index >= 15 is 0 Å². The van der Waals surface area contributed by atoms with E-state index in [-0.39, 0.29) is 5.41 Å². The quantitative estimate of drug-likeness (QED) is 0.865. The number of hydrogen-bond donors (Lipinski definition) is 1. The SMILES string of the molecule is CC1CC(NCC2CCCCC2)CN(C(=O)C(C)(C)C)C1. The van der Waals surface area contributed by atoms with Gasteiger partial charge >= 0.3 is 0 Å². The van der Waals surface area contributed by atoms with Crippen LogP contribution in [-0.2, 0) is 4.79 Å². The molecule has 1 aliphatic heterocycles. The molecule has 1 saturated carbocycles. The molecule has 0 aromatic carbocycles. The van der Waals surface area contributed by atoms with E-state index in [4.69, 9.17) is 0 Å². The number of piperidine rings is 1. The van der Waals surface area contributed by atoms with E-state index in [9.17, 15) is 4.79 Å². The molecule has 0 aromatic heterocycles. The van der Waals surface area contributed by atoms with E-state index in [0.717, 1.165) is 25.6 Å². The van der Waals surface area contributed by atoms with Gasteiger partial charge in [0.25, 0.3) is 0 Å². The Kier molecular flexibility index (Phi) is 5.70. The van der Waals surface area contributed by atoms with Crippen LogP contribution in [0.2, 0.25) is 0 Å². The minimum absolute atomic E-state index is 0.259. The number of carbonyl (C=O) groups excluding carboxylic acids is 1. The van der Waals surface area contributed by atoms with Gasteiger partial charge < -0.3 is 10.2 Å². The molecule has 2 fully saturated rings. The summed E-state index contributed by atoms with van der Waals surface area (Å²) >= 11 is 0. The molecule has 2 aliphatic rings. The lowest BCUT2D eigenvalue weighted by molar-refractivity contribution is -0.141. The summed E-state index contributed by atoms with van der Waals surface area (Å²) in [4.78, 5) is 14.6. The Morgan fingerprint density at radius 2 is 1.81 bits per heavy atom. The predicted octanol–water partition coefficient (Wildman–Crippen LogP) is 3.44. The number of amides is 1. The van der Waals surface area contributed by atoms with Crippen molar-refractivity contribution in [3.8, 4) is 0 Å². The highest BCUT2D eigenvalue weighted by molar-refractivity contribution is 5.81. The number of nitrogens with one attached hydrogen (secondary N) is 1. The number of carbonyl (C=O) groups is 1. The lowest BCUT2D eigenvalue weighted by atomic mass is 9.88. The van der Waals surface area contributed by atoms with E-state index in [1.54, 1.807) is 0 Å². The van der Waals surface area contributed by atoms with Crippen LogP contribution < -0.4 is 5.32 Å². The van der Waals surface area contributed by atoms with Crippen LogP contribution in [0.4, 0.5) is 0 Å². The van der Waals surface area contributed by atoms with Crippen molar-refractivity contribution in [3.05, 3.63) is 0 Å². The van der Waals surface area contributed by atoms with Gasteiger partial charge in [0.2, 0.25) is 5.91 Å². The average Bonchev–Trinajstić information content (AvgIpc) is 2.44. The summed E-state index contributed by atoms with van der Waals surface area (Å²) < 4.78 is 0. The minimum atomic E-state index is -0.259. The normalized spacial score (nSPS) is 28.7. The van der Waals surface area contributed by atoms with Crippen molar-refractivity contribution in [3.63, 3.8) is 0 Å². The third-order valence-corrected chi connectivity index (χ3v) is 5.01. The first kappa shape index (κ1) is 16.8. The van der Waals surface area contributed by atoms with Crippen molar-refractivity contribution in [2.75, 3.05) is 19.6 Å². The molecule has 2 rings (SSSR count). The van der Waals surface area contributed by atoms with E-state index < -0.39 is 0 Å². The zero-order valence-corrected chi connectivity index (χ0v) is 14.5. The summed E-state index contributed by atoms with van der Waals surface area (Å²) in [7, 11) is 0. The van der Waals surface area contributed by atoms with Crippen molar-refractivity contribution < 1.29 is 4.79 Å². The number of rotatable bonds is 3. The fraction of sp³-hybridized carbons (Fsp3) is 0.944. The first-order valence-corrected chi connectivity index (χ1v) is 8.89. The van der Waals surface area contributed by atoms with Gasteiger partial charge in [-0.25, -0.2) is 0 Å². The maximum atomic E-state index is 12.5. The molecule has 1 heterocycles. The summed E-state index contributed by atoms with van der Waals surface area (Å²) in [5, 5.41) is 3.76. The Bertz CT molecular complexity index is 342. The van der Waals surface area contributed by atoms with Crippen molar-refractivity contribution in [2.45, 2.75) is 72.3 Å². The second kappa shape index (κ2) is 7.13. The van der Waals surface area contributed by atoms with Crippen LogP contribution in [0.5, 0.6) is 0 Å². The molecule has 1 amide bonds. The third-order valence-electron chi connectivity index (χ3n) is 5.01. The summed E-state index contributed by atoms with van der Waals surface area (Å²) in [5.41, 5.74) is -0.259. The highest BCUT2D eigenvalue weighted by Gasteiger charge is 2.33. The van der Waals surface area contributed by atoms with Crippen LogP contribution in [0, 0.1) is 17.3 Å². The fourth-order valence-electron chi connectivity index (χ4n) is 3.86. The molecule has 0 spiro atoms. The highest BCUT2D eigenvalue weighted by Crippen LogP contribution is 2.25. The third kappa shape index (κ3) is 4.98. The van der Waals surface area contributed by atoms with Gasteiger partial charge in [0.05, 0.1) is 0 Å². The van der Waals surface area contributed by atoms with E-state index in [2.05, 4.69) is 17.1 Å². The second-order valence-electron chi connectivity index (χ2n) is 8.41. The molecule has 0 aromatic rings. The molecule has 1 saturated heterocycles. The lowest BCUT2D eigenvalue weighted by Gasteiger charge is -2.40. The zero-order valence-electron chi connectivity index (χ0n) is 14.5. The summed E-state index contributed by atoms with van der Waals surface area (Å²) in [5.74, 6) is 1.77.